The number of esters is 1. The van der Waals surface area contributed by atoms with E-state index in [1.807, 2.05) is 0 Å². The largest absolute Gasteiger partial charge is 0.462 e. The first-order chi connectivity index (χ1) is 10.3. The number of rotatable bonds is 3. The van der Waals surface area contributed by atoms with Gasteiger partial charge in [0, 0.05) is 25.1 Å². The van der Waals surface area contributed by atoms with Crippen LogP contribution in [0.1, 0.15) is 25.1 Å². The van der Waals surface area contributed by atoms with Crippen LogP contribution in [0.15, 0.2) is 15.8 Å². The number of nitrogens with one attached hydrogen (secondary N) is 1. The number of nitrogens with zero attached hydrogens (tertiary/aromatic N) is 1. The van der Waals surface area contributed by atoms with Crippen LogP contribution in [-0.2, 0) is 14.3 Å². The fourth-order valence-electron chi connectivity index (χ4n) is 2.23. The third-order valence-corrected chi connectivity index (χ3v) is 3.50. The first-order valence-electron chi connectivity index (χ1n) is 6.58. The maximum atomic E-state index is 11.9. The van der Waals surface area contributed by atoms with E-state index in [4.69, 9.17) is 15.9 Å². The molecule has 0 spiro atoms. The number of ether oxygens (including phenoxy) is 2. The quantitative estimate of drug-likeness (QED) is 0.551. The average molecular weight is 308 g/mol. The van der Waals surface area contributed by atoms with Crippen LogP contribution in [0.4, 0.5) is 0 Å². The van der Waals surface area contributed by atoms with Gasteiger partial charge in [0.2, 0.25) is 0 Å². The van der Waals surface area contributed by atoms with Crippen LogP contribution in [0.3, 0.4) is 0 Å². The summed E-state index contributed by atoms with van der Waals surface area (Å²) in [5.74, 6) is 1.73. The van der Waals surface area contributed by atoms with Crippen LogP contribution in [-0.4, -0.2) is 38.9 Å². The third kappa shape index (κ3) is 2.81. The van der Waals surface area contributed by atoms with Crippen LogP contribution >= 0.6 is 0 Å². The van der Waals surface area contributed by atoms with Crippen molar-refractivity contribution in [3.05, 3.63) is 32.6 Å². The molecule has 3 atom stereocenters. The molecule has 0 saturated carbocycles. The van der Waals surface area contributed by atoms with Gasteiger partial charge in [0.15, 0.2) is 5.60 Å². The molecule has 1 aromatic heterocycles. The summed E-state index contributed by atoms with van der Waals surface area (Å²) in [5.41, 5.74) is -2.38. The van der Waals surface area contributed by atoms with E-state index in [9.17, 15) is 19.5 Å². The summed E-state index contributed by atoms with van der Waals surface area (Å²) in [6, 6.07) is 0. The Morgan fingerprint density at radius 3 is 2.95 bits per heavy atom. The minimum atomic E-state index is -1.53. The zero-order valence-electron chi connectivity index (χ0n) is 12.2. The zero-order chi connectivity index (χ0) is 16.5. The number of terminal acetylenes is 1. The molecular weight excluding hydrogens is 292 g/mol. The van der Waals surface area contributed by atoms with Crippen molar-refractivity contribution in [2.24, 2.45) is 0 Å². The highest BCUT2D eigenvalue weighted by atomic mass is 16.6. The van der Waals surface area contributed by atoms with E-state index < -0.39 is 35.2 Å². The van der Waals surface area contributed by atoms with Crippen molar-refractivity contribution in [1.29, 1.82) is 0 Å². The highest BCUT2D eigenvalue weighted by molar-refractivity contribution is 5.66. The van der Waals surface area contributed by atoms with Gasteiger partial charge >= 0.3 is 11.7 Å². The van der Waals surface area contributed by atoms with E-state index in [0.29, 0.717) is 5.56 Å². The summed E-state index contributed by atoms with van der Waals surface area (Å²) in [7, 11) is 0. The zero-order valence-corrected chi connectivity index (χ0v) is 12.2. The fourth-order valence-corrected chi connectivity index (χ4v) is 2.23. The Kier molecular flexibility index (Phi) is 4.21. The van der Waals surface area contributed by atoms with Crippen LogP contribution < -0.4 is 11.2 Å². The second kappa shape index (κ2) is 5.79. The number of aromatic amines is 1. The van der Waals surface area contributed by atoms with Gasteiger partial charge in [-0.15, -0.1) is 6.42 Å². The maximum absolute atomic E-state index is 11.9. The minimum Gasteiger partial charge on any atom is -0.462 e. The molecule has 8 nitrogen and oxygen atoms in total. The van der Waals surface area contributed by atoms with Gasteiger partial charge in [0.1, 0.15) is 18.9 Å². The number of hydrogen-bond donors (Lipinski definition) is 2. The number of hydrogen-bond acceptors (Lipinski definition) is 6. The minimum absolute atomic E-state index is 0.0247. The molecule has 1 unspecified atom stereocenters. The predicted molar refractivity (Wildman–Crippen MR) is 75.0 cm³/mol. The highest BCUT2D eigenvalue weighted by Gasteiger charge is 2.49. The van der Waals surface area contributed by atoms with Crippen LogP contribution in [0.25, 0.3) is 0 Å². The van der Waals surface area contributed by atoms with Crippen molar-refractivity contribution in [2.45, 2.75) is 38.2 Å². The molecule has 0 amide bonds. The Morgan fingerprint density at radius 2 is 2.36 bits per heavy atom. The lowest BCUT2D eigenvalue weighted by Gasteiger charge is -2.25. The summed E-state index contributed by atoms with van der Waals surface area (Å²) in [4.78, 5) is 36.3. The number of carbonyl (C=O) groups is 1. The van der Waals surface area contributed by atoms with Crippen LogP contribution in [0, 0.1) is 19.3 Å². The Balaban J connectivity index is 2.32. The summed E-state index contributed by atoms with van der Waals surface area (Å²) in [5, 5.41) is 10.2. The van der Waals surface area contributed by atoms with Crippen molar-refractivity contribution >= 4 is 5.97 Å². The predicted octanol–water partition coefficient (Wildman–Crippen LogP) is -0.940. The van der Waals surface area contributed by atoms with Gasteiger partial charge in [-0.2, -0.15) is 0 Å². The van der Waals surface area contributed by atoms with Crippen LogP contribution in [0.5, 0.6) is 0 Å². The molecule has 0 aliphatic carbocycles. The Bertz CT molecular complexity index is 743. The van der Waals surface area contributed by atoms with Crippen molar-refractivity contribution < 1.29 is 19.4 Å². The molecule has 0 bridgehead atoms. The van der Waals surface area contributed by atoms with E-state index in [0.717, 1.165) is 4.57 Å². The number of aryl methyl sites for hydroxylation is 1. The van der Waals surface area contributed by atoms with Crippen molar-refractivity contribution in [1.82, 2.24) is 9.55 Å². The van der Waals surface area contributed by atoms with E-state index in [1.165, 1.54) is 20.0 Å². The molecule has 0 aromatic carbocycles. The smallest absolute Gasteiger partial charge is 0.330 e. The highest BCUT2D eigenvalue weighted by Crippen LogP contribution is 2.36. The molecule has 0 radical (unpaired) electrons. The summed E-state index contributed by atoms with van der Waals surface area (Å²) in [6.07, 6.45) is 4.77. The molecule has 1 aromatic rings. The van der Waals surface area contributed by atoms with E-state index >= 15 is 0 Å². The van der Waals surface area contributed by atoms with Gasteiger partial charge in [0.25, 0.3) is 5.56 Å². The average Bonchev–Trinajstić information content (AvgIpc) is 2.78. The second-order valence-electron chi connectivity index (χ2n) is 5.12. The van der Waals surface area contributed by atoms with Gasteiger partial charge < -0.3 is 14.6 Å². The van der Waals surface area contributed by atoms with Crippen molar-refractivity contribution in [3.63, 3.8) is 0 Å². The van der Waals surface area contributed by atoms with Gasteiger partial charge in [-0.05, 0) is 6.92 Å². The molecule has 1 fully saturated rings. The van der Waals surface area contributed by atoms with Crippen molar-refractivity contribution in [2.75, 3.05) is 6.61 Å². The van der Waals surface area contributed by atoms with Gasteiger partial charge in [-0.3, -0.25) is 19.1 Å². The third-order valence-electron chi connectivity index (χ3n) is 3.50. The van der Waals surface area contributed by atoms with Gasteiger partial charge in [-0.25, -0.2) is 4.79 Å². The number of carbonyl (C=O) groups excluding carboxylic acids is 1. The molecule has 22 heavy (non-hydrogen) atoms. The molecule has 2 rings (SSSR count). The summed E-state index contributed by atoms with van der Waals surface area (Å²) >= 11 is 0. The fraction of sp³-hybridized carbons (Fsp3) is 0.500. The normalized spacial score (nSPS) is 27.4. The SMILES string of the molecule is C#C[C@]1(COC(C)=O)OC(n2cc(C)c(=O)[nH]c2=O)C[C@H]1O. The lowest BCUT2D eigenvalue weighted by Crippen LogP contribution is -2.43. The molecule has 1 saturated heterocycles. The van der Waals surface area contributed by atoms with E-state index in [2.05, 4.69) is 10.9 Å². The molecule has 2 N–H and O–H groups in total. The molecule has 2 heterocycles. The second-order valence-corrected chi connectivity index (χ2v) is 5.12. The molecule has 118 valence electrons. The number of H-pyrrole nitrogens is 1. The number of aromatic nitrogens is 2. The molecule has 1 aliphatic heterocycles. The topological polar surface area (TPSA) is 111 Å². The maximum Gasteiger partial charge on any atom is 0.330 e. The first-order valence-corrected chi connectivity index (χ1v) is 6.58. The van der Waals surface area contributed by atoms with Crippen LogP contribution in [0.2, 0.25) is 0 Å². The Morgan fingerprint density at radius 1 is 1.68 bits per heavy atom. The van der Waals surface area contributed by atoms with E-state index in [1.54, 1.807) is 0 Å². The standard InChI is InChI=1S/C14H16N2O6/c1-4-14(7-21-9(3)17)10(18)5-11(22-14)16-6-8(2)12(19)15-13(16)20/h1,6,10-11,18H,5,7H2,2-3H3,(H,15,19,20)/t10-,11?,14-/m1/s1. The summed E-state index contributed by atoms with van der Waals surface area (Å²) in [6.45, 7) is 2.42. The lowest BCUT2D eigenvalue weighted by molar-refractivity contribution is -0.154. The molecule has 1 aliphatic rings. The number of aliphatic hydroxyl groups excluding tert-OH is 1. The molecule has 8 heteroatoms. The lowest BCUT2D eigenvalue weighted by atomic mass is 9.99. The summed E-state index contributed by atoms with van der Waals surface area (Å²) < 4.78 is 11.6. The number of aliphatic hydroxyl groups is 1. The van der Waals surface area contributed by atoms with Crippen molar-refractivity contribution in [3.8, 4) is 12.3 Å². The van der Waals surface area contributed by atoms with E-state index in [-0.39, 0.29) is 13.0 Å². The van der Waals surface area contributed by atoms with Gasteiger partial charge in [-0.1, -0.05) is 5.92 Å². The Hall–Kier alpha value is -2.37. The first kappa shape index (κ1) is 16.0. The molecular formula is C14H16N2O6. The monoisotopic (exact) mass is 308 g/mol. The Labute approximate surface area is 125 Å². The van der Waals surface area contributed by atoms with Gasteiger partial charge in [0.05, 0.1) is 0 Å².